The number of ether oxygens (including phenoxy) is 1. The molecule has 0 fully saturated rings. The van der Waals surface area contributed by atoms with E-state index in [2.05, 4.69) is 20.9 Å². The largest absolute Gasteiger partial charge is 0.479 e. The maximum absolute atomic E-state index is 12.0. The number of nitrogens with one attached hydrogen (secondary N) is 3. The second kappa shape index (κ2) is 10.4. The minimum atomic E-state index is -0.316. The van der Waals surface area contributed by atoms with Gasteiger partial charge >= 0.3 is 0 Å². The van der Waals surface area contributed by atoms with Crippen LogP contribution in [0.5, 0.6) is 0 Å². The van der Waals surface area contributed by atoms with Crippen LogP contribution in [0.1, 0.15) is 19.4 Å². The van der Waals surface area contributed by atoms with Crippen molar-refractivity contribution in [3.05, 3.63) is 29.8 Å². The smallest absolute Gasteiger partial charge is 0.243 e. The highest BCUT2D eigenvalue weighted by atomic mass is 16.5. The standard InChI is InChI=1S/C17H26N4O3/c1-12(2)16(19-4)17(23)20-9-15(22)21-14-7-5-13(6-8-14)10-24-11-18-3/h5-8,11-12,16,19H,9-10H2,1-4H3,(H,20,23)(H,21,22). The Hall–Kier alpha value is -2.41. The quantitative estimate of drug-likeness (QED) is 0.467. The van der Waals surface area contributed by atoms with E-state index >= 15 is 0 Å². The Morgan fingerprint density at radius 3 is 2.46 bits per heavy atom. The van der Waals surface area contributed by atoms with Gasteiger partial charge in [0.1, 0.15) is 6.61 Å². The maximum atomic E-state index is 12.0. The van der Waals surface area contributed by atoms with E-state index in [-0.39, 0.29) is 30.3 Å². The first-order chi connectivity index (χ1) is 11.5. The van der Waals surface area contributed by atoms with Gasteiger partial charge in [-0.05, 0) is 30.7 Å². The van der Waals surface area contributed by atoms with E-state index < -0.39 is 0 Å². The zero-order valence-corrected chi connectivity index (χ0v) is 14.6. The second-order valence-corrected chi connectivity index (χ2v) is 5.65. The summed E-state index contributed by atoms with van der Waals surface area (Å²) in [5.41, 5.74) is 1.63. The minimum absolute atomic E-state index is 0.0679. The Labute approximate surface area is 142 Å². The van der Waals surface area contributed by atoms with E-state index in [4.69, 9.17) is 4.74 Å². The molecule has 0 saturated carbocycles. The fraction of sp³-hybridized carbons (Fsp3) is 0.471. The maximum Gasteiger partial charge on any atom is 0.243 e. The molecule has 0 aromatic heterocycles. The van der Waals surface area contributed by atoms with Gasteiger partial charge in [0.15, 0.2) is 6.40 Å². The van der Waals surface area contributed by atoms with Crippen LogP contribution in [0.4, 0.5) is 5.69 Å². The third-order valence-corrected chi connectivity index (χ3v) is 3.35. The SMILES string of the molecule is CN=COCc1ccc(NC(=O)CNC(=O)C(NC)C(C)C)cc1. The van der Waals surface area contributed by atoms with Gasteiger partial charge in [-0.3, -0.25) is 14.6 Å². The molecule has 0 heterocycles. The van der Waals surface area contributed by atoms with Crippen molar-refractivity contribution in [1.29, 1.82) is 0 Å². The topological polar surface area (TPSA) is 91.8 Å². The van der Waals surface area contributed by atoms with Crippen LogP contribution >= 0.6 is 0 Å². The molecule has 1 rings (SSSR count). The van der Waals surface area contributed by atoms with Gasteiger partial charge in [0.25, 0.3) is 0 Å². The lowest BCUT2D eigenvalue weighted by molar-refractivity contribution is -0.126. The van der Waals surface area contributed by atoms with Gasteiger partial charge in [-0.2, -0.15) is 0 Å². The molecule has 1 unspecified atom stereocenters. The van der Waals surface area contributed by atoms with Crippen LogP contribution in [0.3, 0.4) is 0 Å². The first-order valence-corrected chi connectivity index (χ1v) is 7.84. The molecule has 1 atom stereocenters. The number of amides is 2. The summed E-state index contributed by atoms with van der Waals surface area (Å²) < 4.78 is 5.17. The van der Waals surface area contributed by atoms with Gasteiger partial charge in [-0.25, -0.2) is 0 Å². The molecule has 132 valence electrons. The molecule has 7 heteroatoms. The summed E-state index contributed by atoms with van der Waals surface area (Å²) in [6, 6.07) is 6.96. The minimum Gasteiger partial charge on any atom is -0.479 e. The molecule has 7 nitrogen and oxygen atoms in total. The summed E-state index contributed by atoms with van der Waals surface area (Å²) in [5.74, 6) is -0.317. The van der Waals surface area contributed by atoms with Crippen molar-refractivity contribution >= 4 is 23.9 Å². The molecule has 0 aliphatic heterocycles. The summed E-state index contributed by atoms with van der Waals surface area (Å²) in [6.07, 6.45) is 1.38. The Bertz CT molecular complexity index is 555. The highest BCUT2D eigenvalue weighted by molar-refractivity contribution is 5.95. The van der Waals surface area contributed by atoms with Gasteiger partial charge < -0.3 is 20.7 Å². The van der Waals surface area contributed by atoms with Gasteiger partial charge in [0.2, 0.25) is 11.8 Å². The Kier molecular flexibility index (Phi) is 8.49. The lowest BCUT2D eigenvalue weighted by atomic mass is 10.0. The average molecular weight is 334 g/mol. The Balaban J connectivity index is 2.43. The summed E-state index contributed by atoms with van der Waals surface area (Å²) in [7, 11) is 3.36. The fourth-order valence-corrected chi connectivity index (χ4v) is 2.14. The molecule has 0 aliphatic rings. The predicted molar refractivity (Wildman–Crippen MR) is 95.0 cm³/mol. The lowest BCUT2D eigenvalue weighted by Crippen LogP contribution is -2.47. The van der Waals surface area contributed by atoms with Gasteiger partial charge in [0.05, 0.1) is 12.6 Å². The molecule has 0 spiro atoms. The lowest BCUT2D eigenvalue weighted by Gasteiger charge is -2.19. The molecular weight excluding hydrogens is 308 g/mol. The third kappa shape index (κ3) is 6.78. The van der Waals surface area contributed by atoms with Gasteiger partial charge in [-0.15, -0.1) is 0 Å². The highest BCUT2D eigenvalue weighted by Crippen LogP contribution is 2.10. The molecular formula is C17H26N4O3. The summed E-state index contributed by atoms with van der Waals surface area (Å²) in [5, 5.41) is 8.31. The zero-order chi connectivity index (χ0) is 17.9. The van der Waals surface area contributed by atoms with Crippen molar-refractivity contribution in [2.45, 2.75) is 26.5 Å². The molecule has 2 amide bonds. The van der Waals surface area contributed by atoms with Crippen LogP contribution in [-0.2, 0) is 20.9 Å². The normalized spacial score (nSPS) is 12.2. The van der Waals surface area contributed by atoms with Gasteiger partial charge in [0, 0.05) is 12.7 Å². The van der Waals surface area contributed by atoms with E-state index in [1.165, 1.54) is 6.40 Å². The number of aliphatic imine (C=N–C) groups is 1. The van der Waals surface area contributed by atoms with Crippen molar-refractivity contribution in [3.8, 4) is 0 Å². The van der Waals surface area contributed by atoms with E-state index in [1.807, 2.05) is 26.0 Å². The van der Waals surface area contributed by atoms with Crippen LogP contribution in [0.15, 0.2) is 29.3 Å². The second-order valence-electron chi connectivity index (χ2n) is 5.65. The van der Waals surface area contributed by atoms with Crippen LogP contribution in [-0.4, -0.2) is 44.9 Å². The molecule has 0 radical (unpaired) electrons. The number of benzene rings is 1. The summed E-state index contributed by atoms with van der Waals surface area (Å²) in [6.45, 7) is 4.24. The number of carbonyl (C=O) groups excluding carboxylic acids is 2. The molecule has 0 saturated heterocycles. The number of likely N-dealkylation sites (N-methyl/N-ethyl adjacent to an activating group) is 1. The number of rotatable bonds is 9. The average Bonchev–Trinajstić information content (AvgIpc) is 2.55. The number of nitrogens with zero attached hydrogens (tertiary/aromatic N) is 1. The monoisotopic (exact) mass is 334 g/mol. The number of hydrogen-bond donors (Lipinski definition) is 3. The summed E-state index contributed by atoms with van der Waals surface area (Å²) in [4.78, 5) is 27.6. The first-order valence-electron chi connectivity index (χ1n) is 7.84. The van der Waals surface area contributed by atoms with Crippen molar-refractivity contribution in [1.82, 2.24) is 10.6 Å². The van der Waals surface area contributed by atoms with Crippen molar-refractivity contribution in [3.63, 3.8) is 0 Å². The highest BCUT2D eigenvalue weighted by Gasteiger charge is 2.20. The van der Waals surface area contributed by atoms with Crippen molar-refractivity contribution in [2.75, 3.05) is 26.0 Å². The number of carbonyl (C=O) groups is 2. The molecule has 0 bridgehead atoms. The first kappa shape index (κ1) is 19.6. The Morgan fingerprint density at radius 2 is 1.92 bits per heavy atom. The molecule has 1 aromatic rings. The molecule has 0 aliphatic carbocycles. The molecule has 1 aromatic carbocycles. The van der Waals surface area contributed by atoms with Crippen LogP contribution in [0.25, 0.3) is 0 Å². The zero-order valence-electron chi connectivity index (χ0n) is 14.6. The van der Waals surface area contributed by atoms with E-state index in [0.717, 1.165) is 5.56 Å². The fourth-order valence-electron chi connectivity index (χ4n) is 2.14. The number of hydrogen-bond acceptors (Lipinski definition) is 5. The predicted octanol–water partition coefficient (Wildman–Crippen LogP) is 1.16. The van der Waals surface area contributed by atoms with Crippen LogP contribution in [0.2, 0.25) is 0 Å². The van der Waals surface area contributed by atoms with E-state index in [9.17, 15) is 9.59 Å². The third-order valence-electron chi connectivity index (χ3n) is 3.35. The Morgan fingerprint density at radius 1 is 1.25 bits per heavy atom. The van der Waals surface area contributed by atoms with E-state index in [1.54, 1.807) is 26.2 Å². The van der Waals surface area contributed by atoms with Crippen LogP contribution in [0, 0.1) is 5.92 Å². The van der Waals surface area contributed by atoms with Gasteiger partial charge in [-0.1, -0.05) is 26.0 Å². The van der Waals surface area contributed by atoms with Crippen LogP contribution < -0.4 is 16.0 Å². The van der Waals surface area contributed by atoms with Crippen molar-refractivity contribution < 1.29 is 14.3 Å². The molecule has 3 N–H and O–H groups in total. The molecule has 24 heavy (non-hydrogen) atoms. The summed E-state index contributed by atoms with van der Waals surface area (Å²) >= 11 is 0. The van der Waals surface area contributed by atoms with E-state index in [0.29, 0.717) is 12.3 Å². The number of anilines is 1. The van der Waals surface area contributed by atoms with Crippen molar-refractivity contribution in [2.24, 2.45) is 10.9 Å².